The fourth-order valence-electron chi connectivity index (χ4n) is 3.81. The van der Waals surface area contributed by atoms with E-state index in [1.54, 1.807) is 0 Å². The van der Waals surface area contributed by atoms with E-state index in [-0.39, 0.29) is 5.91 Å². The molecule has 0 fully saturated rings. The molecule has 0 radical (unpaired) electrons. The lowest BCUT2D eigenvalue weighted by Crippen LogP contribution is -2.30. The quantitative estimate of drug-likeness (QED) is 0.530. The Balaban J connectivity index is 1.20. The molecule has 1 N–H and O–H groups in total. The van der Waals surface area contributed by atoms with Crippen LogP contribution in [0.4, 0.5) is 0 Å². The lowest BCUT2D eigenvalue weighted by molar-refractivity contribution is 0.0956. The van der Waals surface area contributed by atoms with E-state index >= 15 is 0 Å². The number of carbonyl (C=O) groups excluding carboxylic acids is 1. The summed E-state index contributed by atoms with van der Waals surface area (Å²) in [4.78, 5) is 14.9. The van der Waals surface area contributed by atoms with E-state index in [9.17, 15) is 4.79 Å². The highest BCUT2D eigenvalue weighted by Crippen LogP contribution is 2.20. The zero-order valence-electron chi connectivity index (χ0n) is 17.2. The minimum Gasteiger partial charge on any atom is -0.351 e. The van der Waals surface area contributed by atoms with Crippen molar-refractivity contribution in [3.63, 3.8) is 0 Å². The number of hydrogen-bond donors (Lipinski definition) is 1. The third-order valence-electron chi connectivity index (χ3n) is 5.48. The fourth-order valence-corrected chi connectivity index (χ4v) is 4.63. The number of benzene rings is 3. The molecule has 4 heteroatoms. The Morgan fingerprint density at radius 2 is 1.60 bits per heavy atom. The van der Waals surface area contributed by atoms with Crippen LogP contribution >= 0.6 is 11.8 Å². The van der Waals surface area contributed by atoms with Crippen LogP contribution in [0.2, 0.25) is 0 Å². The summed E-state index contributed by atoms with van der Waals surface area (Å²) in [7, 11) is 0. The largest absolute Gasteiger partial charge is 0.351 e. The minimum atomic E-state index is 0.00811. The van der Waals surface area contributed by atoms with Gasteiger partial charge in [-0.15, -0.1) is 0 Å². The number of thioether (sulfide) groups is 1. The van der Waals surface area contributed by atoms with Gasteiger partial charge in [-0.2, -0.15) is 11.8 Å². The SMILES string of the molecule is O=C(NCCSCc1ccccc1)c1ccc(CN2CCc3ccccc3C2)cc1. The van der Waals surface area contributed by atoms with Crippen molar-refractivity contribution in [1.82, 2.24) is 10.2 Å². The van der Waals surface area contributed by atoms with Crippen LogP contribution in [0.25, 0.3) is 0 Å². The highest BCUT2D eigenvalue weighted by atomic mass is 32.2. The number of fused-ring (bicyclic) bond motifs is 1. The van der Waals surface area contributed by atoms with Crippen molar-refractivity contribution in [2.75, 3.05) is 18.8 Å². The van der Waals surface area contributed by atoms with Gasteiger partial charge in [-0.1, -0.05) is 66.7 Å². The third-order valence-corrected chi connectivity index (χ3v) is 6.51. The predicted molar refractivity (Wildman–Crippen MR) is 126 cm³/mol. The molecule has 1 aliphatic heterocycles. The zero-order valence-corrected chi connectivity index (χ0v) is 18.0. The van der Waals surface area contributed by atoms with E-state index in [1.807, 2.05) is 30.0 Å². The molecule has 154 valence electrons. The molecular formula is C26H28N2OS. The summed E-state index contributed by atoms with van der Waals surface area (Å²) in [6.07, 6.45) is 1.11. The highest BCUT2D eigenvalue weighted by molar-refractivity contribution is 7.98. The van der Waals surface area contributed by atoms with Crippen LogP contribution < -0.4 is 5.32 Å². The first-order chi connectivity index (χ1) is 14.8. The molecule has 1 heterocycles. The third kappa shape index (κ3) is 5.74. The van der Waals surface area contributed by atoms with Crippen molar-refractivity contribution < 1.29 is 4.79 Å². The first kappa shape index (κ1) is 20.7. The molecule has 0 spiro atoms. The topological polar surface area (TPSA) is 32.3 Å². The maximum atomic E-state index is 12.4. The summed E-state index contributed by atoms with van der Waals surface area (Å²) in [6, 6.07) is 27.2. The first-order valence-electron chi connectivity index (χ1n) is 10.6. The summed E-state index contributed by atoms with van der Waals surface area (Å²) in [6.45, 7) is 3.69. The number of amides is 1. The second-order valence-electron chi connectivity index (χ2n) is 7.72. The van der Waals surface area contributed by atoms with E-state index < -0.39 is 0 Å². The maximum absolute atomic E-state index is 12.4. The molecule has 3 nitrogen and oxygen atoms in total. The van der Waals surface area contributed by atoms with Crippen LogP contribution in [0.3, 0.4) is 0 Å². The van der Waals surface area contributed by atoms with Gasteiger partial charge in [0, 0.05) is 43.2 Å². The number of hydrogen-bond acceptors (Lipinski definition) is 3. The Labute approximate surface area is 183 Å². The molecule has 1 aliphatic rings. The van der Waals surface area contributed by atoms with Crippen LogP contribution in [0.15, 0.2) is 78.9 Å². The molecule has 0 unspecified atom stereocenters. The predicted octanol–water partition coefficient (Wildman–Crippen LogP) is 4.91. The average Bonchev–Trinajstić information content (AvgIpc) is 2.80. The molecule has 3 aromatic rings. The van der Waals surface area contributed by atoms with Crippen LogP contribution in [0, 0.1) is 0 Å². The molecule has 0 saturated carbocycles. The molecule has 4 rings (SSSR count). The maximum Gasteiger partial charge on any atom is 0.251 e. The van der Waals surface area contributed by atoms with Gasteiger partial charge in [0.2, 0.25) is 0 Å². The van der Waals surface area contributed by atoms with Crippen molar-refractivity contribution >= 4 is 17.7 Å². The lowest BCUT2D eigenvalue weighted by atomic mass is 9.99. The summed E-state index contributed by atoms with van der Waals surface area (Å²) in [5.41, 5.74) is 6.22. The molecule has 0 aliphatic carbocycles. The van der Waals surface area contributed by atoms with E-state index in [2.05, 4.69) is 70.9 Å². The number of nitrogens with zero attached hydrogens (tertiary/aromatic N) is 1. The molecule has 0 atom stereocenters. The Morgan fingerprint density at radius 1 is 0.867 bits per heavy atom. The van der Waals surface area contributed by atoms with Crippen molar-refractivity contribution in [3.8, 4) is 0 Å². The lowest BCUT2D eigenvalue weighted by Gasteiger charge is -2.28. The normalized spacial score (nSPS) is 13.6. The summed E-state index contributed by atoms with van der Waals surface area (Å²) >= 11 is 1.84. The smallest absolute Gasteiger partial charge is 0.251 e. The monoisotopic (exact) mass is 416 g/mol. The van der Waals surface area contributed by atoms with Gasteiger partial charge in [0.25, 0.3) is 5.91 Å². The van der Waals surface area contributed by atoms with Gasteiger partial charge in [0.1, 0.15) is 0 Å². The molecular weight excluding hydrogens is 388 g/mol. The second kappa shape index (κ2) is 10.5. The molecule has 1 amide bonds. The van der Waals surface area contributed by atoms with Gasteiger partial charge in [-0.3, -0.25) is 9.69 Å². The molecule has 0 bridgehead atoms. The molecule has 0 aromatic heterocycles. The van der Waals surface area contributed by atoms with E-state index in [0.29, 0.717) is 6.54 Å². The van der Waals surface area contributed by atoms with Gasteiger partial charge in [-0.25, -0.2) is 0 Å². The Morgan fingerprint density at radius 3 is 2.40 bits per heavy atom. The second-order valence-corrected chi connectivity index (χ2v) is 8.83. The van der Waals surface area contributed by atoms with Gasteiger partial charge >= 0.3 is 0 Å². The minimum absolute atomic E-state index is 0.00811. The zero-order chi connectivity index (χ0) is 20.6. The van der Waals surface area contributed by atoms with Gasteiger partial charge in [-0.05, 0) is 40.8 Å². The van der Waals surface area contributed by atoms with Crippen molar-refractivity contribution in [2.45, 2.75) is 25.3 Å². The van der Waals surface area contributed by atoms with E-state index in [4.69, 9.17) is 0 Å². The number of nitrogens with one attached hydrogen (secondary N) is 1. The average molecular weight is 417 g/mol. The Kier molecular flexibility index (Phi) is 7.22. The highest BCUT2D eigenvalue weighted by Gasteiger charge is 2.15. The fraction of sp³-hybridized carbons (Fsp3) is 0.269. The first-order valence-corrected chi connectivity index (χ1v) is 11.7. The van der Waals surface area contributed by atoms with Crippen LogP contribution in [-0.2, 0) is 25.3 Å². The van der Waals surface area contributed by atoms with E-state index in [0.717, 1.165) is 43.1 Å². The Hall–Kier alpha value is -2.56. The number of rotatable bonds is 8. The molecule has 30 heavy (non-hydrogen) atoms. The molecule has 0 saturated heterocycles. The Bertz CT molecular complexity index is 956. The summed E-state index contributed by atoms with van der Waals surface area (Å²) < 4.78 is 0. The van der Waals surface area contributed by atoms with Crippen LogP contribution in [0.5, 0.6) is 0 Å². The van der Waals surface area contributed by atoms with Crippen molar-refractivity contribution in [2.24, 2.45) is 0 Å². The summed E-state index contributed by atoms with van der Waals surface area (Å²) in [5, 5.41) is 3.03. The van der Waals surface area contributed by atoms with Gasteiger partial charge in [0.15, 0.2) is 0 Å². The van der Waals surface area contributed by atoms with E-state index in [1.165, 1.54) is 22.3 Å². The van der Waals surface area contributed by atoms with Crippen molar-refractivity contribution in [3.05, 3.63) is 107 Å². The molecule has 3 aromatic carbocycles. The van der Waals surface area contributed by atoms with Gasteiger partial charge in [0.05, 0.1) is 0 Å². The van der Waals surface area contributed by atoms with Crippen LogP contribution in [-0.4, -0.2) is 29.6 Å². The van der Waals surface area contributed by atoms with Crippen LogP contribution in [0.1, 0.15) is 32.6 Å². The van der Waals surface area contributed by atoms with Crippen molar-refractivity contribution in [1.29, 1.82) is 0 Å². The summed E-state index contributed by atoms with van der Waals surface area (Å²) in [5.74, 6) is 1.90. The number of carbonyl (C=O) groups is 1. The van der Waals surface area contributed by atoms with Gasteiger partial charge < -0.3 is 5.32 Å². The standard InChI is InChI=1S/C26H28N2OS/c29-26(27-15-17-30-20-22-6-2-1-3-7-22)24-12-10-21(11-13-24)18-28-16-14-23-8-4-5-9-25(23)19-28/h1-13H,14-20H2,(H,27,29).